The number of rotatable bonds is 10. The second kappa shape index (κ2) is 8.41. The van der Waals surface area contributed by atoms with Crippen LogP contribution in [0.25, 0.3) is 0 Å². The Morgan fingerprint density at radius 3 is 2.33 bits per heavy atom. The smallest absolute Gasteiger partial charge is 0.318 e. The lowest BCUT2D eigenvalue weighted by Crippen LogP contribution is -2.41. The summed E-state index contributed by atoms with van der Waals surface area (Å²) in [5, 5.41) is 8.73. The molecule has 0 rings (SSSR count). The zero-order valence-electron chi connectivity index (χ0n) is 11.1. The van der Waals surface area contributed by atoms with E-state index in [2.05, 4.69) is 0 Å². The first-order chi connectivity index (χ1) is 8.29. The highest BCUT2D eigenvalue weighted by Gasteiger charge is 2.24. The minimum atomic E-state index is -3.58. The molecule has 0 aliphatic rings. The molecular weight excluding hydrogens is 260 g/mol. The fourth-order valence-corrected chi connectivity index (χ4v) is 2.47. The molecule has 0 aromatic rings. The number of likely N-dealkylation sites (N-methyl/N-ethyl adjacent to an activating group) is 1. The fraction of sp³-hybridized carbons (Fsp3) is 0.900. The quantitative estimate of drug-likeness (QED) is 0.533. The van der Waals surface area contributed by atoms with Crippen LogP contribution >= 0.6 is 0 Å². The fourth-order valence-electron chi connectivity index (χ4n) is 1.22. The Labute approximate surface area is 108 Å². The highest BCUT2D eigenvalue weighted by Crippen LogP contribution is 2.02. The second-order valence-electron chi connectivity index (χ2n) is 4.04. The van der Waals surface area contributed by atoms with E-state index in [1.54, 1.807) is 25.9 Å². The number of hydrogen-bond donors (Lipinski definition) is 1. The van der Waals surface area contributed by atoms with Crippen LogP contribution in [-0.4, -0.2) is 81.4 Å². The zero-order chi connectivity index (χ0) is 14.2. The van der Waals surface area contributed by atoms with Crippen LogP contribution in [-0.2, 0) is 19.6 Å². The van der Waals surface area contributed by atoms with E-state index < -0.39 is 22.5 Å². The lowest BCUT2D eigenvalue weighted by Gasteiger charge is -2.22. The molecule has 1 N–H and O–H groups in total. The van der Waals surface area contributed by atoms with Crippen molar-refractivity contribution in [3.05, 3.63) is 0 Å². The van der Waals surface area contributed by atoms with Gasteiger partial charge in [0.2, 0.25) is 10.0 Å². The number of aliphatic carboxylic acids is 1. The van der Waals surface area contributed by atoms with Gasteiger partial charge in [-0.15, -0.1) is 0 Å². The summed E-state index contributed by atoms with van der Waals surface area (Å²) in [6.07, 6.45) is 0. The van der Waals surface area contributed by atoms with Crippen molar-refractivity contribution in [3.63, 3.8) is 0 Å². The summed E-state index contributed by atoms with van der Waals surface area (Å²) < 4.78 is 29.8. The molecule has 0 fully saturated rings. The van der Waals surface area contributed by atoms with Crippen LogP contribution in [0.5, 0.6) is 0 Å². The Morgan fingerprint density at radius 2 is 1.89 bits per heavy atom. The Kier molecular flexibility index (Phi) is 8.08. The van der Waals surface area contributed by atoms with E-state index in [1.807, 2.05) is 0 Å². The van der Waals surface area contributed by atoms with Crippen molar-refractivity contribution in [1.82, 2.24) is 9.21 Å². The molecule has 0 saturated carbocycles. The van der Waals surface area contributed by atoms with Gasteiger partial charge in [-0.3, -0.25) is 4.79 Å². The van der Waals surface area contributed by atoms with Crippen molar-refractivity contribution in [2.75, 3.05) is 52.7 Å². The molecule has 18 heavy (non-hydrogen) atoms. The number of hydrogen-bond acceptors (Lipinski definition) is 5. The zero-order valence-corrected chi connectivity index (χ0v) is 11.9. The van der Waals surface area contributed by atoms with Crippen molar-refractivity contribution in [2.24, 2.45) is 0 Å². The maximum absolute atomic E-state index is 11.9. The van der Waals surface area contributed by atoms with Crippen LogP contribution in [0.4, 0.5) is 0 Å². The summed E-state index contributed by atoms with van der Waals surface area (Å²) in [5.41, 5.74) is 0. The number of nitrogens with zero attached hydrogens (tertiary/aromatic N) is 2. The third-order valence-corrected chi connectivity index (χ3v) is 3.97. The molecule has 0 aliphatic carbocycles. The summed E-state index contributed by atoms with van der Waals surface area (Å²) >= 11 is 0. The van der Waals surface area contributed by atoms with E-state index in [4.69, 9.17) is 9.84 Å². The van der Waals surface area contributed by atoms with Gasteiger partial charge in [-0.25, -0.2) is 8.42 Å². The van der Waals surface area contributed by atoms with Gasteiger partial charge in [0.25, 0.3) is 0 Å². The van der Waals surface area contributed by atoms with Crippen LogP contribution in [0, 0.1) is 0 Å². The summed E-state index contributed by atoms with van der Waals surface area (Å²) in [6.45, 7) is 2.41. The maximum Gasteiger partial charge on any atom is 0.318 e. The summed E-state index contributed by atoms with van der Waals surface area (Å²) in [6, 6.07) is 0. The van der Waals surface area contributed by atoms with Crippen molar-refractivity contribution >= 4 is 16.0 Å². The Balaban J connectivity index is 4.55. The molecule has 0 bridgehead atoms. The van der Waals surface area contributed by atoms with Crippen molar-refractivity contribution in [2.45, 2.75) is 6.92 Å². The molecular formula is C10H22N2O5S. The molecule has 0 aromatic carbocycles. The minimum Gasteiger partial charge on any atom is -0.480 e. The van der Waals surface area contributed by atoms with Gasteiger partial charge >= 0.3 is 5.97 Å². The van der Waals surface area contributed by atoms with Crippen molar-refractivity contribution in [3.8, 4) is 0 Å². The monoisotopic (exact) mass is 282 g/mol. The molecule has 8 heteroatoms. The largest absolute Gasteiger partial charge is 0.480 e. The molecule has 0 spiro atoms. The van der Waals surface area contributed by atoms with E-state index in [-0.39, 0.29) is 18.9 Å². The predicted molar refractivity (Wildman–Crippen MR) is 68.0 cm³/mol. The third kappa shape index (κ3) is 7.59. The van der Waals surface area contributed by atoms with E-state index in [9.17, 15) is 13.2 Å². The molecule has 0 radical (unpaired) electrons. The van der Waals surface area contributed by atoms with Gasteiger partial charge in [-0.2, -0.15) is 4.31 Å². The van der Waals surface area contributed by atoms with E-state index in [1.165, 1.54) is 0 Å². The first-order valence-electron chi connectivity index (χ1n) is 5.71. The highest BCUT2D eigenvalue weighted by atomic mass is 32.2. The number of sulfonamides is 1. The summed E-state index contributed by atoms with van der Waals surface area (Å²) in [7, 11) is 0.0102. The van der Waals surface area contributed by atoms with E-state index >= 15 is 0 Å². The molecule has 0 unspecified atom stereocenters. The van der Waals surface area contributed by atoms with Gasteiger partial charge in [0, 0.05) is 19.7 Å². The standard InChI is InChI=1S/C10H22N2O5S/c1-4-17-7-8-18(15,16)12(9-10(13)14)6-5-11(2)3/h4-9H2,1-3H3,(H,13,14). The first-order valence-corrected chi connectivity index (χ1v) is 7.32. The normalized spacial score (nSPS) is 12.3. The van der Waals surface area contributed by atoms with E-state index in [0.717, 1.165) is 4.31 Å². The molecule has 0 aromatic heterocycles. The molecule has 108 valence electrons. The van der Waals surface area contributed by atoms with Crippen molar-refractivity contribution < 1.29 is 23.1 Å². The third-order valence-electron chi connectivity index (χ3n) is 2.19. The topological polar surface area (TPSA) is 87.2 Å². The SMILES string of the molecule is CCOCCS(=O)(=O)N(CCN(C)C)CC(=O)O. The molecule has 0 amide bonds. The molecule has 0 atom stereocenters. The molecule has 0 aliphatic heterocycles. The maximum atomic E-state index is 11.9. The lowest BCUT2D eigenvalue weighted by molar-refractivity contribution is -0.137. The molecule has 0 heterocycles. The van der Waals surface area contributed by atoms with Gasteiger partial charge in [0.05, 0.1) is 12.4 Å². The van der Waals surface area contributed by atoms with E-state index in [0.29, 0.717) is 13.2 Å². The molecule has 7 nitrogen and oxygen atoms in total. The van der Waals surface area contributed by atoms with Crippen molar-refractivity contribution in [1.29, 1.82) is 0 Å². The first kappa shape index (κ1) is 17.3. The summed E-state index contributed by atoms with van der Waals surface area (Å²) in [5.74, 6) is -1.35. The average Bonchev–Trinajstić information content (AvgIpc) is 2.23. The van der Waals surface area contributed by atoms with Gasteiger partial charge in [0.1, 0.15) is 6.54 Å². The van der Waals surface area contributed by atoms with Gasteiger partial charge in [-0.05, 0) is 21.0 Å². The Hall–Kier alpha value is -0.700. The van der Waals surface area contributed by atoms with Crippen LogP contribution in [0.3, 0.4) is 0 Å². The summed E-state index contributed by atoms with van der Waals surface area (Å²) in [4.78, 5) is 12.5. The Bertz CT molecular complexity index is 342. The van der Waals surface area contributed by atoms with Crippen LogP contribution in [0.2, 0.25) is 0 Å². The number of carboxylic acids is 1. The minimum absolute atomic E-state index is 0.0803. The van der Waals surface area contributed by atoms with Crippen LogP contribution in [0.1, 0.15) is 6.92 Å². The van der Waals surface area contributed by atoms with Crippen LogP contribution in [0.15, 0.2) is 0 Å². The number of carbonyl (C=O) groups is 1. The molecule has 0 saturated heterocycles. The van der Waals surface area contributed by atoms with Gasteiger partial charge in [-0.1, -0.05) is 0 Å². The number of carboxylic acid groups (broad SMARTS) is 1. The average molecular weight is 282 g/mol. The lowest BCUT2D eigenvalue weighted by atomic mass is 10.5. The predicted octanol–water partition coefficient (Wildman–Crippen LogP) is -0.699. The van der Waals surface area contributed by atoms with Crippen LogP contribution < -0.4 is 0 Å². The van der Waals surface area contributed by atoms with Gasteiger partial charge < -0.3 is 14.7 Å². The Morgan fingerprint density at radius 1 is 1.28 bits per heavy atom. The second-order valence-corrected chi connectivity index (χ2v) is 6.13. The van der Waals surface area contributed by atoms with Gasteiger partial charge in [0.15, 0.2) is 0 Å². The number of ether oxygens (including phenoxy) is 1. The highest BCUT2D eigenvalue weighted by molar-refractivity contribution is 7.89.